The lowest BCUT2D eigenvalue weighted by atomic mass is 9.98. The zero-order valence-corrected chi connectivity index (χ0v) is 13.4. The summed E-state index contributed by atoms with van der Waals surface area (Å²) in [5, 5.41) is 5.55. The number of likely N-dealkylation sites (N-methyl/N-ethyl adjacent to an activating group) is 1. The molecule has 2 rings (SSSR count). The average Bonchev–Trinajstić information content (AvgIpc) is 2.75. The summed E-state index contributed by atoms with van der Waals surface area (Å²) in [5.41, 5.74) is 4.07. The van der Waals surface area contributed by atoms with Crippen LogP contribution in [0.25, 0.3) is 0 Å². The van der Waals surface area contributed by atoms with E-state index in [9.17, 15) is 0 Å². The van der Waals surface area contributed by atoms with E-state index in [2.05, 4.69) is 64.7 Å². The van der Waals surface area contributed by atoms with E-state index in [0.29, 0.717) is 6.04 Å². The van der Waals surface area contributed by atoms with Crippen molar-refractivity contribution in [3.05, 3.63) is 55.7 Å². The standard InChI is InChI=1S/C15H18BrNS/c1-10-4-5-12(8-11(10)2)14(17-3)9-15-13(16)6-7-18-15/h4-8,14,17H,9H2,1-3H3. The van der Waals surface area contributed by atoms with Crippen molar-refractivity contribution >= 4 is 27.3 Å². The minimum atomic E-state index is 0.374. The first kappa shape index (κ1) is 13.8. The van der Waals surface area contributed by atoms with Gasteiger partial charge in [-0.25, -0.2) is 0 Å². The highest BCUT2D eigenvalue weighted by Crippen LogP contribution is 2.28. The Morgan fingerprint density at radius 1 is 1.22 bits per heavy atom. The zero-order chi connectivity index (χ0) is 13.1. The van der Waals surface area contributed by atoms with E-state index in [1.165, 1.54) is 26.0 Å². The summed E-state index contributed by atoms with van der Waals surface area (Å²) in [4.78, 5) is 1.40. The van der Waals surface area contributed by atoms with Crippen LogP contribution in [0.4, 0.5) is 0 Å². The molecule has 0 saturated heterocycles. The number of thiophene rings is 1. The summed E-state index contributed by atoms with van der Waals surface area (Å²) >= 11 is 5.41. The number of aryl methyl sites for hydroxylation is 2. The Hall–Kier alpha value is -0.640. The van der Waals surface area contributed by atoms with Crippen molar-refractivity contribution in [2.24, 2.45) is 0 Å². The predicted octanol–water partition coefficient (Wildman–Crippen LogP) is 4.63. The molecule has 0 aliphatic heterocycles. The molecule has 0 radical (unpaired) electrons. The Balaban J connectivity index is 2.23. The number of hydrogen-bond donors (Lipinski definition) is 1. The van der Waals surface area contributed by atoms with E-state index in [1.54, 1.807) is 0 Å². The molecule has 1 atom stereocenters. The van der Waals surface area contributed by atoms with Gasteiger partial charge in [0.15, 0.2) is 0 Å². The number of halogens is 1. The van der Waals surface area contributed by atoms with Crippen LogP contribution in [0, 0.1) is 13.8 Å². The van der Waals surface area contributed by atoms with Gasteiger partial charge in [-0.2, -0.15) is 0 Å². The van der Waals surface area contributed by atoms with Crippen LogP contribution in [0.3, 0.4) is 0 Å². The van der Waals surface area contributed by atoms with Crippen LogP contribution in [0.2, 0.25) is 0 Å². The summed E-state index contributed by atoms with van der Waals surface area (Å²) < 4.78 is 1.22. The molecule has 0 amide bonds. The van der Waals surface area contributed by atoms with Crippen LogP contribution >= 0.6 is 27.3 Å². The van der Waals surface area contributed by atoms with Gasteiger partial charge in [0.05, 0.1) is 0 Å². The van der Waals surface area contributed by atoms with Crippen molar-refractivity contribution in [1.82, 2.24) is 5.32 Å². The van der Waals surface area contributed by atoms with E-state index in [4.69, 9.17) is 0 Å². The summed E-state index contributed by atoms with van der Waals surface area (Å²) in [6.07, 6.45) is 1.03. The number of hydrogen-bond acceptors (Lipinski definition) is 2. The number of benzene rings is 1. The molecule has 0 bridgehead atoms. The first-order valence-corrected chi connectivity index (χ1v) is 7.75. The summed E-state index contributed by atoms with van der Waals surface area (Å²) in [6, 6.07) is 9.22. The van der Waals surface area contributed by atoms with Gasteiger partial charge in [0.25, 0.3) is 0 Å². The molecule has 0 saturated carbocycles. The van der Waals surface area contributed by atoms with Crippen molar-refractivity contribution in [1.29, 1.82) is 0 Å². The quantitative estimate of drug-likeness (QED) is 0.864. The van der Waals surface area contributed by atoms with Gasteiger partial charge < -0.3 is 5.32 Å². The molecule has 96 valence electrons. The molecule has 1 heterocycles. The third-order valence-electron chi connectivity index (χ3n) is 3.36. The average molecular weight is 324 g/mol. The van der Waals surface area contributed by atoms with Crippen molar-refractivity contribution < 1.29 is 0 Å². The Kier molecular flexibility index (Phi) is 4.60. The highest BCUT2D eigenvalue weighted by molar-refractivity contribution is 9.10. The lowest BCUT2D eigenvalue weighted by molar-refractivity contribution is 0.595. The molecule has 1 aromatic heterocycles. The molecule has 1 N–H and O–H groups in total. The molecule has 0 aliphatic carbocycles. The zero-order valence-electron chi connectivity index (χ0n) is 11.0. The Morgan fingerprint density at radius 3 is 2.56 bits per heavy atom. The molecular weight excluding hydrogens is 306 g/mol. The molecule has 0 aliphatic rings. The monoisotopic (exact) mass is 323 g/mol. The predicted molar refractivity (Wildman–Crippen MR) is 83.4 cm³/mol. The van der Waals surface area contributed by atoms with Crippen molar-refractivity contribution in [2.75, 3.05) is 7.05 Å². The molecule has 18 heavy (non-hydrogen) atoms. The van der Waals surface area contributed by atoms with Crippen LogP contribution < -0.4 is 5.32 Å². The summed E-state index contributed by atoms with van der Waals surface area (Å²) in [6.45, 7) is 4.33. The lowest BCUT2D eigenvalue weighted by Gasteiger charge is -2.17. The molecule has 0 fully saturated rings. The fraction of sp³-hybridized carbons (Fsp3) is 0.333. The molecule has 1 unspecified atom stereocenters. The molecule has 1 nitrogen and oxygen atoms in total. The molecule has 1 aromatic carbocycles. The molecular formula is C15H18BrNS. The van der Waals surface area contributed by atoms with E-state index in [-0.39, 0.29) is 0 Å². The van der Waals surface area contributed by atoms with Crippen molar-refractivity contribution in [2.45, 2.75) is 26.3 Å². The fourth-order valence-corrected chi connectivity index (χ4v) is 3.59. The van der Waals surface area contributed by atoms with Gasteiger partial charge in [0, 0.05) is 21.8 Å². The number of rotatable bonds is 4. The topological polar surface area (TPSA) is 12.0 Å². The second kappa shape index (κ2) is 6.00. The molecule has 0 spiro atoms. The fourth-order valence-electron chi connectivity index (χ4n) is 2.02. The normalized spacial score (nSPS) is 12.7. The third-order valence-corrected chi connectivity index (χ3v) is 5.31. The Labute approximate surface area is 121 Å². The second-order valence-electron chi connectivity index (χ2n) is 4.58. The van der Waals surface area contributed by atoms with Crippen LogP contribution in [0.5, 0.6) is 0 Å². The van der Waals surface area contributed by atoms with Gasteiger partial charge in [-0.05, 0) is 65.0 Å². The largest absolute Gasteiger partial charge is 0.313 e. The third kappa shape index (κ3) is 3.02. The van der Waals surface area contributed by atoms with Crippen LogP contribution in [0.1, 0.15) is 27.6 Å². The van der Waals surface area contributed by atoms with E-state index in [1.807, 2.05) is 18.4 Å². The van der Waals surface area contributed by atoms with Gasteiger partial charge >= 0.3 is 0 Å². The Bertz CT molecular complexity index is 533. The SMILES string of the molecule is CNC(Cc1sccc1Br)c1ccc(C)c(C)c1. The van der Waals surface area contributed by atoms with Gasteiger partial charge in [-0.1, -0.05) is 18.2 Å². The van der Waals surface area contributed by atoms with E-state index in [0.717, 1.165) is 6.42 Å². The maximum Gasteiger partial charge on any atom is 0.0366 e. The van der Waals surface area contributed by atoms with Crippen molar-refractivity contribution in [3.63, 3.8) is 0 Å². The van der Waals surface area contributed by atoms with Gasteiger partial charge in [0.1, 0.15) is 0 Å². The van der Waals surface area contributed by atoms with Crippen LogP contribution in [-0.4, -0.2) is 7.05 Å². The van der Waals surface area contributed by atoms with Gasteiger partial charge in [0.2, 0.25) is 0 Å². The van der Waals surface area contributed by atoms with Gasteiger partial charge in [-0.15, -0.1) is 11.3 Å². The van der Waals surface area contributed by atoms with Crippen LogP contribution in [-0.2, 0) is 6.42 Å². The Morgan fingerprint density at radius 2 is 2.00 bits per heavy atom. The maximum atomic E-state index is 3.61. The van der Waals surface area contributed by atoms with Crippen LogP contribution in [0.15, 0.2) is 34.1 Å². The van der Waals surface area contributed by atoms with E-state index >= 15 is 0 Å². The first-order valence-electron chi connectivity index (χ1n) is 6.08. The van der Waals surface area contributed by atoms with Crippen molar-refractivity contribution in [3.8, 4) is 0 Å². The summed E-state index contributed by atoms with van der Waals surface area (Å²) in [7, 11) is 2.03. The highest BCUT2D eigenvalue weighted by Gasteiger charge is 2.13. The summed E-state index contributed by atoms with van der Waals surface area (Å²) in [5.74, 6) is 0. The second-order valence-corrected chi connectivity index (χ2v) is 6.44. The minimum absolute atomic E-state index is 0.374. The first-order chi connectivity index (χ1) is 8.61. The lowest BCUT2D eigenvalue weighted by Crippen LogP contribution is -2.18. The molecule has 2 aromatic rings. The minimum Gasteiger partial charge on any atom is -0.313 e. The molecule has 3 heteroatoms. The van der Waals surface area contributed by atoms with E-state index < -0.39 is 0 Å². The number of nitrogens with one attached hydrogen (secondary N) is 1. The highest BCUT2D eigenvalue weighted by atomic mass is 79.9. The smallest absolute Gasteiger partial charge is 0.0366 e. The van der Waals surface area contributed by atoms with Gasteiger partial charge in [-0.3, -0.25) is 0 Å². The maximum absolute atomic E-state index is 3.61.